The Kier molecular flexibility index (Phi) is 3.91. The van der Waals surface area contributed by atoms with Crippen molar-refractivity contribution in [1.82, 2.24) is 20.4 Å². The number of likely N-dealkylation sites (N-methyl/N-ethyl adjacent to an activating group) is 1. The second-order valence-electron chi connectivity index (χ2n) is 5.98. The lowest BCUT2D eigenvalue weighted by molar-refractivity contribution is -0.121. The molecule has 2 aliphatic heterocycles. The van der Waals surface area contributed by atoms with Crippen LogP contribution in [0.25, 0.3) is 0 Å². The largest absolute Gasteiger partial charge is 0.482 e. The second kappa shape index (κ2) is 6.21. The number of benzene rings is 1. The van der Waals surface area contributed by atoms with Crippen molar-refractivity contribution in [1.29, 1.82) is 0 Å². The molecule has 0 aliphatic carbocycles. The molecule has 8 heteroatoms. The van der Waals surface area contributed by atoms with Gasteiger partial charge in [-0.15, -0.1) is 0 Å². The monoisotopic (exact) mass is 329 g/mol. The molecule has 4 rings (SSSR count). The number of rotatable bonds is 3. The van der Waals surface area contributed by atoms with Gasteiger partial charge in [0.05, 0.1) is 11.7 Å². The van der Waals surface area contributed by atoms with Crippen LogP contribution in [0.3, 0.4) is 0 Å². The highest BCUT2D eigenvalue weighted by molar-refractivity contribution is 5.97. The van der Waals surface area contributed by atoms with Gasteiger partial charge in [-0.3, -0.25) is 14.6 Å². The van der Waals surface area contributed by atoms with Crippen LogP contribution in [-0.2, 0) is 11.3 Å². The average molecular weight is 329 g/mol. The van der Waals surface area contributed by atoms with Crippen molar-refractivity contribution in [3.63, 3.8) is 0 Å². The molecule has 2 aromatic rings. The first-order valence-electron chi connectivity index (χ1n) is 7.98. The molecule has 126 valence electrons. The molecule has 2 aliphatic rings. The number of hydrogen-bond acceptors (Lipinski definition) is 7. The maximum atomic E-state index is 12.2. The molecular formula is C16H19N5O3. The van der Waals surface area contributed by atoms with E-state index in [4.69, 9.17) is 9.26 Å². The van der Waals surface area contributed by atoms with E-state index in [9.17, 15) is 4.79 Å². The molecule has 8 nitrogen and oxygen atoms in total. The number of carbonyl (C=O) groups is 1. The number of ether oxygens (including phenoxy) is 1. The fourth-order valence-electron chi connectivity index (χ4n) is 3.02. The molecule has 1 aromatic heterocycles. The van der Waals surface area contributed by atoms with Crippen molar-refractivity contribution in [3.05, 3.63) is 36.0 Å². The third-order valence-corrected chi connectivity index (χ3v) is 4.39. The minimum atomic E-state index is -0.120. The first kappa shape index (κ1) is 15.1. The Balaban J connectivity index is 1.55. The van der Waals surface area contributed by atoms with Gasteiger partial charge in [0.25, 0.3) is 5.91 Å². The summed E-state index contributed by atoms with van der Waals surface area (Å²) in [5.41, 5.74) is 0.727. The van der Waals surface area contributed by atoms with Crippen LogP contribution in [0.2, 0.25) is 0 Å². The van der Waals surface area contributed by atoms with E-state index < -0.39 is 0 Å². The molecule has 1 fully saturated rings. The van der Waals surface area contributed by atoms with E-state index in [1.807, 2.05) is 31.3 Å². The fraction of sp³-hybridized carbons (Fsp3) is 0.438. The fourth-order valence-corrected chi connectivity index (χ4v) is 3.02. The van der Waals surface area contributed by atoms with E-state index in [1.165, 1.54) is 0 Å². The number of anilines is 1. The summed E-state index contributed by atoms with van der Waals surface area (Å²) in [5, 5.41) is 7.43. The third-order valence-electron chi connectivity index (χ3n) is 4.39. The van der Waals surface area contributed by atoms with Crippen molar-refractivity contribution in [2.45, 2.75) is 12.6 Å². The van der Waals surface area contributed by atoms with Gasteiger partial charge in [0.15, 0.2) is 12.4 Å². The summed E-state index contributed by atoms with van der Waals surface area (Å²) in [7, 11) is 2.04. The molecule has 24 heavy (non-hydrogen) atoms. The molecular weight excluding hydrogens is 310 g/mol. The third kappa shape index (κ3) is 2.74. The first-order chi connectivity index (χ1) is 11.7. The van der Waals surface area contributed by atoms with E-state index >= 15 is 0 Å². The Labute approximate surface area is 139 Å². The van der Waals surface area contributed by atoms with Crippen LogP contribution in [0.1, 0.15) is 17.8 Å². The molecule has 1 aromatic carbocycles. The summed E-state index contributed by atoms with van der Waals surface area (Å²) in [5.74, 6) is 1.64. The van der Waals surface area contributed by atoms with E-state index in [1.54, 1.807) is 4.90 Å². The Morgan fingerprint density at radius 2 is 2.25 bits per heavy atom. The van der Waals surface area contributed by atoms with Gasteiger partial charge in [-0.2, -0.15) is 4.98 Å². The number of nitrogens with zero attached hydrogens (tertiary/aromatic N) is 4. The van der Waals surface area contributed by atoms with Gasteiger partial charge < -0.3 is 14.6 Å². The zero-order valence-corrected chi connectivity index (χ0v) is 13.4. The predicted molar refractivity (Wildman–Crippen MR) is 85.7 cm³/mol. The normalized spacial score (nSPS) is 21.5. The lowest BCUT2D eigenvalue weighted by atomic mass is 10.2. The molecule has 0 saturated carbocycles. The number of piperazine rings is 1. The Morgan fingerprint density at radius 1 is 1.38 bits per heavy atom. The number of carbonyl (C=O) groups excluding carboxylic acids is 1. The maximum absolute atomic E-state index is 12.2. The summed E-state index contributed by atoms with van der Waals surface area (Å²) in [6.07, 6.45) is 0. The Morgan fingerprint density at radius 3 is 3.12 bits per heavy atom. The summed E-state index contributed by atoms with van der Waals surface area (Å²) in [6, 6.07) is 7.53. The number of nitrogens with one attached hydrogen (secondary N) is 1. The summed E-state index contributed by atoms with van der Waals surface area (Å²) < 4.78 is 10.8. The Bertz CT molecular complexity index is 747. The summed E-state index contributed by atoms with van der Waals surface area (Å²) in [6.45, 7) is 2.94. The smallest absolute Gasteiger partial charge is 0.265 e. The van der Waals surface area contributed by atoms with Crippen LogP contribution in [-0.4, -0.2) is 54.2 Å². The van der Waals surface area contributed by atoms with Gasteiger partial charge in [0.2, 0.25) is 5.89 Å². The van der Waals surface area contributed by atoms with Crippen molar-refractivity contribution >= 4 is 11.6 Å². The van der Waals surface area contributed by atoms with Crippen molar-refractivity contribution in [2.24, 2.45) is 0 Å². The molecule has 1 saturated heterocycles. The van der Waals surface area contributed by atoms with Crippen molar-refractivity contribution < 1.29 is 14.1 Å². The van der Waals surface area contributed by atoms with Gasteiger partial charge in [0.1, 0.15) is 12.3 Å². The molecule has 1 unspecified atom stereocenters. The zero-order chi connectivity index (χ0) is 16.5. The molecule has 0 bridgehead atoms. The minimum absolute atomic E-state index is 0.0211. The number of aromatic nitrogens is 2. The second-order valence-corrected chi connectivity index (χ2v) is 5.98. The van der Waals surface area contributed by atoms with Gasteiger partial charge in [-0.1, -0.05) is 17.3 Å². The van der Waals surface area contributed by atoms with E-state index in [-0.39, 0.29) is 25.1 Å². The first-order valence-corrected chi connectivity index (χ1v) is 7.98. The highest BCUT2D eigenvalue weighted by atomic mass is 16.5. The van der Waals surface area contributed by atoms with Crippen LogP contribution in [0.5, 0.6) is 5.75 Å². The van der Waals surface area contributed by atoms with Gasteiger partial charge >= 0.3 is 0 Å². The maximum Gasteiger partial charge on any atom is 0.265 e. The molecule has 1 atom stereocenters. The SMILES string of the molecule is CN1CCNCC1c1noc(CN2C(=O)COc3ccccc32)n1. The number of para-hydroxylation sites is 2. The number of amides is 1. The molecule has 0 spiro atoms. The molecule has 0 radical (unpaired) electrons. The van der Waals surface area contributed by atoms with E-state index in [2.05, 4.69) is 20.4 Å². The lowest BCUT2D eigenvalue weighted by Crippen LogP contribution is -2.44. The van der Waals surface area contributed by atoms with Crippen LogP contribution < -0.4 is 15.0 Å². The molecule has 1 N–H and O–H groups in total. The highest BCUT2D eigenvalue weighted by Gasteiger charge is 2.29. The van der Waals surface area contributed by atoms with Crippen LogP contribution in [0.15, 0.2) is 28.8 Å². The minimum Gasteiger partial charge on any atom is -0.482 e. The predicted octanol–water partition coefficient (Wildman–Crippen LogP) is 0.571. The lowest BCUT2D eigenvalue weighted by Gasteiger charge is -2.30. The number of hydrogen-bond donors (Lipinski definition) is 1. The molecule has 3 heterocycles. The highest BCUT2D eigenvalue weighted by Crippen LogP contribution is 2.32. The summed E-state index contributed by atoms with van der Waals surface area (Å²) in [4.78, 5) is 20.5. The van der Waals surface area contributed by atoms with Gasteiger partial charge in [-0.25, -0.2) is 0 Å². The van der Waals surface area contributed by atoms with E-state index in [0.29, 0.717) is 17.5 Å². The molecule has 1 amide bonds. The Hall–Kier alpha value is -2.45. The van der Waals surface area contributed by atoms with Crippen LogP contribution >= 0.6 is 0 Å². The van der Waals surface area contributed by atoms with Crippen molar-refractivity contribution in [2.75, 3.05) is 38.2 Å². The van der Waals surface area contributed by atoms with E-state index in [0.717, 1.165) is 25.3 Å². The standard InChI is InChI=1S/C16H19N5O3/c1-20-7-6-17-8-12(20)16-18-14(24-19-16)9-21-11-4-2-3-5-13(11)23-10-15(21)22/h2-5,12,17H,6-10H2,1H3. The zero-order valence-electron chi connectivity index (χ0n) is 13.4. The number of fused-ring (bicyclic) bond motifs is 1. The van der Waals surface area contributed by atoms with Crippen LogP contribution in [0.4, 0.5) is 5.69 Å². The van der Waals surface area contributed by atoms with Crippen molar-refractivity contribution in [3.8, 4) is 5.75 Å². The van der Waals surface area contributed by atoms with Crippen LogP contribution in [0, 0.1) is 0 Å². The topological polar surface area (TPSA) is 83.7 Å². The average Bonchev–Trinajstić information content (AvgIpc) is 3.06. The van der Waals surface area contributed by atoms with Gasteiger partial charge in [-0.05, 0) is 19.2 Å². The van der Waals surface area contributed by atoms with Gasteiger partial charge in [0, 0.05) is 19.6 Å². The quantitative estimate of drug-likeness (QED) is 0.881. The summed E-state index contributed by atoms with van der Waals surface area (Å²) >= 11 is 0.